The maximum Gasteiger partial charge on any atom is 0.224 e. The summed E-state index contributed by atoms with van der Waals surface area (Å²) in [5.41, 5.74) is 0.742. The average Bonchev–Trinajstić information content (AvgIpc) is 2.42. The number of amides is 1. The van der Waals surface area contributed by atoms with E-state index in [9.17, 15) is 4.79 Å². The molecule has 0 saturated heterocycles. The van der Waals surface area contributed by atoms with E-state index in [0.717, 1.165) is 17.9 Å². The van der Waals surface area contributed by atoms with Gasteiger partial charge in [-0.05, 0) is 44.4 Å². The monoisotopic (exact) mass is 297 g/mol. The van der Waals surface area contributed by atoms with Crippen molar-refractivity contribution < 1.29 is 14.3 Å². The van der Waals surface area contributed by atoms with Crippen LogP contribution in [0.15, 0.2) is 18.2 Å². The Morgan fingerprint density at radius 2 is 1.90 bits per heavy atom. The lowest BCUT2D eigenvalue weighted by Crippen LogP contribution is -2.11. The van der Waals surface area contributed by atoms with E-state index >= 15 is 0 Å². The van der Waals surface area contributed by atoms with Crippen LogP contribution in [0.4, 0.5) is 5.69 Å². The van der Waals surface area contributed by atoms with E-state index < -0.39 is 0 Å². The van der Waals surface area contributed by atoms with Crippen LogP contribution >= 0.6 is 11.8 Å². The molecule has 0 spiro atoms. The number of hydrogen-bond donors (Lipinski definition) is 1. The molecular weight excluding hydrogens is 274 g/mol. The Morgan fingerprint density at radius 3 is 2.55 bits per heavy atom. The molecule has 4 nitrogen and oxygen atoms in total. The smallest absolute Gasteiger partial charge is 0.224 e. The van der Waals surface area contributed by atoms with E-state index in [2.05, 4.69) is 5.32 Å². The normalized spacial score (nSPS) is 10.2. The standard InChI is InChI=1S/C15H23NO3S/c1-4-18-13-9-8-12(11-14(13)19-5-2)16-15(17)7-6-10-20-3/h8-9,11H,4-7,10H2,1-3H3,(H,16,17). The van der Waals surface area contributed by atoms with Crippen LogP contribution in [0.2, 0.25) is 0 Å². The molecule has 0 bridgehead atoms. The van der Waals surface area contributed by atoms with Gasteiger partial charge in [0.2, 0.25) is 5.91 Å². The quantitative estimate of drug-likeness (QED) is 0.708. The van der Waals surface area contributed by atoms with Gasteiger partial charge in [-0.1, -0.05) is 0 Å². The minimum absolute atomic E-state index is 0.0330. The average molecular weight is 297 g/mol. The first-order chi connectivity index (χ1) is 9.71. The molecule has 0 heterocycles. The minimum atomic E-state index is 0.0330. The molecule has 5 heteroatoms. The van der Waals surface area contributed by atoms with Crippen LogP contribution in [-0.4, -0.2) is 31.1 Å². The molecule has 0 aromatic heterocycles. The molecule has 1 amide bonds. The van der Waals surface area contributed by atoms with Crippen LogP contribution in [0, 0.1) is 0 Å². The van der Waals surface area contributed by atoms with Crippen molar-refractivity contribution >= 4 is 23.4 Å². The van der Waals surface area contributed by atoms with Crippen LogP contribution < -0.4 is 14.8 Å². The number of carbonyl (C=O) groups is 1. The molecule has 0 fully saturated rings. The first kappa shape index (κ1) is 16.7. The zero-order valence-electron chi connectivity index (χ0n) is 12.4. The van der Waals surface area contributed by atoms with Gasteiger partial charge < -0.3 is 14.8 Å². The highest BCUT2D eigenvalue weighted by Crippen LogP contribution is 2.30. The van der Waals surface area contributed by atoms with Crippen molar-refractivity contribution in [3.63, 3.8) is 0 Å². The van der Waals surface area contributed by atoms with E-state index in [1.54, 1.807) is 17.8 Å². The summed E-state index contributed by atoms with van der Waals surface area (Å²) in [7, 11) is 0. The lowest BCUT2D eigenvalue weighted by molar-refractivity contribution is -0.116. The van der Waals surface area contributed by atoms with Crippen molar-refractivity contribution in [1.82, 2.24) is 0 Å². The fourth-order valence-electron chi connectivity index (χ4n) is 1.73. The largest absolute Gasteiger partial charge is 0.490 e. The molecule has 0 aliphatic heterocycles. The van der Waals surface area contributed by atoms with Crippen molar-refractivity contribution in [1.29, 1.82) is 0 Å². The van der Waals surface area contributed by atoms with Gasteiger partial charge in [0, 0.05) is 18.2 Å². The second kappa shape index (κ2) is 9.53. The number of hydrogen-bond acceptors (Lipinski definition) is 4. The third-order valence-corrected chi connectivity index (χ3v) is 3.28. The predicted octanol–water partition coefficient (Wildman–Crippen LogP) is 3.57. The number of ether oxygens (including phenoxy) is 2. The summed E-state index contributed by atoms with van der Waals surface area (Å²) in [5.74, 6) is 2.40. The van der Waals surface area contributed by atoms with Gasteiger partial charge in [-0.15, -0.1) is 0 Å². The fourth-order valence-corrected chi connectivity index (χ4v) is 2.16. The molecule has 0 unspecified atom stereocenters. The third kappa shape index (κ3) is 5.74. The number of carbonyl (C=O) groups excluding carboxylic acids is 1. The van der Waals surface area contributed by atoms with E-state index in [1.807, 2.05) is 32.2 Å². The Balaban J connectivity index is 2.66. The molecule has 1 aromatic carbocycles. The Bertz CT molecular complexity index is 424. The van der Waals surface area contributed by atoms with Crippen LogP contribution in [0.5, 0.6) is 11.5 Å². The zero-order valence-corrected chi connectivity index (χ0v) is 13.2. The van der Waals surface area contributed by atoms with E-state index in [1.165, 1.54) is 0 Å². The molecule has 20 heavy (non-hydrogen) atoms. The van der Waals surface area contributed by atoms with E-state index in [-0.39, 0.29) is 5.91 Å². The van der Waals surface area contributed by atoms with Crippen LogP contribution in [0.25, 0.3) is 0 Å². The number of benzene rings is 1. The molecule has 1 aromatic rings. The lowest BCUT2D eigenvalue weighted by atomic mass is 10.2. The van der Waals surface area contributed by atoms with Crippen molar-refractivity contribution in [2.24, 2.45) is 0 Å². The molecule has 1 N–H and O–H groups in total. The summed E-state index contributed by atoms with van der Waals surface area (Å²) in [5, 5.41) is 2.89. The van der Waals surface area contributed by atoms with Gasteiger partial charge in [0.25, 0.3) is 0 Å². The molecule has 0 aliphatic rings. The van der Waals surface area contributed by atoms with Gasteiger partial charge in [0.05, 0.1) is 13.2 Å². The summed E-state index contributed by atoms with van der Waals surface area (Å²) < 4.78 is 11.0. The fraction of sp³-hybridized carbons (Fsp3) is 0.533. The second-order valence-electron chi connectivity index (χ2n) is 4.17. The Kier molecular flexibility index (Phi) is 7.95. The summed E-state index contributed by atoms with van der Waals surface area (Å²) >= 11 is 1.75. The summed E-state index contributed by atoms with van der Waals surface area (Å²) in [6, 6.07) is 5.47. The predicted molar refractivity (Wildman–Crippen MR) is 85.0 cm³/mol. The minimum Gasteiger partial charge on any atom is -0.490 e. The van der Waals surface area contributed by atoms with E-state index in [0.29, 0.717) is 31.1 Å². The molecule has 112 valence electrons. The summed E-state index contributed by atoms with van der Waals surface area (Å²) in [4.78, 5) is 11.8. The lowest BCUT2D eigenvalue weighted by Gasteiger charge is -2.13. The van der Waals surface area contributed by atoms with Gasteiger partial charge in [-0.2, -0.15) is 11.8 Å². The SMILES string of the molecule is CCOc1ccc(NC(=O)CCCSC)cc1OCC. The van der Waals surface area contributed by atoms with Crippen LogP contribution in [-0.2, 0) is 4.79 Å². The molecule has 1 rings (SSSR count). The zero-order chi connectivity index (χ0) is 14.8. The number of anilines is 1. The van der Waals surface area contributed by atoms with Crippen molar-refractivity contribution in [2.45, 2.75) is 26.7 Å². The molecule has 0 radical (unpaired) electrons. The molecule has 0 aliphatic carbocycles. The van der Waals surface area contributed by atoms with Gasteiger partial charge >= 0.3 is 0 Å². The van der Waals surface area contributed by atoms with Crippen molar-refractivity contribution in [3.05, 3.63) is 18.2 Å². The third-order valence-electron chi connectivity index (χ3n) is 2.58. The van der Waals surface area contributed by atoms with Gasteiger partial charge in [-0.25, -0.2) is 0 Å². The van der Waals surface area contributed by atoms with Gasteiger partial charge in [0.15, 0.2) is 11.5 Å². The number of nitrogens with one attached hydrogen (secondary N) is 1. The van der Waals surface area contributed by atoms with Crippen molar-refractivity contribution in [3.8, 4) is 11.5 Å². The Hall–Kier alpha value is -1.36. The Labute approximate surface area is 125 Å². The number of thioether (sulfide) groups is 1. The van der Waals surface area contributed by atoms with Gasteiger partial charge in [0.1, 0.15) is 0 Å². The Morgan fingerprint density at radius 1 is 1.20 bits per heavy atom. The summed E-state index contributed by atoms with van der Waals surface area (Å²) in [6.07, 6.45) is 3.47. The molecular formula is C15H23NO3S. The molecule has 0 saturated carbocycles. The van der Waals surface area contributed by atoms with E-state index in [4.69, 9.17) is 9.47 Å². The van der Waals surface area contributed by atoms with Crippen LogP contribution in [0.1, 0.15) is 26.7 Å². The first-order valence-electron chi connectivity index (χ1n) is 6.89. The highest BCUT2D eigenvalue weighted by atomic mass is 32.2. The highest BCUT2D eigenvalue weighted by molar-refractivity contribution is 7.98. The summed E-state index contributed by atoms with van der Waals surface area (Å²) in [6.45, 7) is 4.99. The van der Waals surface area contributed by atoms with Crippen LogP contribution in [0.3, 0.4) is 0 Å². The topological polar surface area (TPSA) is 47.6 Å². The molecule has 0 atom stereocenters. The van der Waals surface area contributed by atoms with Crippen molar-refractivity contribution in [2.75, 3.05) is 30.5 Å². The maximum atomic E-state index is 11.8. The highest BCUT2D eigenvalue weighted by Gasteiger charge is 2.08. The second-order valence-corrected chi connectivity index (χ2v) is 5.16. The number of rotatable bonds is 9. The first-order valence-corrected chi connectivity index (χ1v) is 8.29. The van der Waals surface area contributed by atoms with Gasteiger partial charge in [-0.3, -0.25) is 4.79 Å². The maximum absolute atomic E-state index is 11.8.